The zero-order chi connectivity index (χ0) is 18.7. The number of hydrogen-bond acceptors (Lipinski definition) is 3. The number of ether oxygens (including phenoxy) is 2. The first-order valence-corrected chi connectivity index (χ1v) is 7.63. The molecule has 3 rings (SSSR count). The third kappa shape index (κ3) is 3.54. The Balaban J connectivity index is 1.81. The largest absolute Gasteiger partial charge is 0.490 e. The maximum absolute atomic E-state index is 13.7. The molecule has 0 heterocycles. The molecule has 0 aliphatic carbocycles. The van der Waals surface area contributed by atoms with Gasteiger partial charge in [-0.15, -0.1) is 0 Å². The Kier molecular flexibility index (Phi) is 4.93. The van der Waals surface area contributed by atoms with Gasteiger partial charge in [0.15, 0.2) is 17.5 Å². The molecule has 0 aliphatic heterocycles. The van der Waals surface area contributed by atoms with Crippen molar-refractivity contribution in [2.24, 2.45) is 0 Å². The first-order chi connectivity index (χ1) is 12.5. The number of carbonyl (C=O) groups excluding carboxylic acids is 1. The summed E-state index contributed by atoms with van der Waals surface area (Å²) in [4.78, 5) is 12.2. The number of carbonyl (C=O) groups is 1. The van der Waals surface area contributed by atoms with Gasteiger partial charge in [-0.2, -0.15) is 0 Å². The maximum Gasteiger partial charge on any atom is 0.343 e. The Labute approximate surface area is 147 Å². The normalized spacial score (nSPS) is 10.6. The van der Waals surface area contributed by atoms with Gasteiger partial charge in [-0.3, -0.25) is 0 Å². The Morgan fingerprint density at radius 3 is 2.35 bits per heavy atom. The van der Waals surface area contributed by atoms with Gasteiger partial charge in [-0.1, -0.05) is 18.7 Å². The van der Waals surface area contributed by atoms with Crippen LogP contribution in [0.1, 0.15) is 10.4 Å². The van der Waals surface area contributed by atoms with Gasteiger partial charge in [-0.25, -0.2) is 18.0 Å². The van der Waals surface area contributed by atoms with Crippen LogP contribution in [0.4, 0.5) is 13.2 Å². The summed E-state index contributed by atoms with van der Waals surface area (Å²) in [5.74, 6) is -4.02. The molecule has 0 saturated carbocycles. The molecule has 3 aromatic rings. The lowest BCUT2D eigenvalue weighted by Crippen LogP contribution is -2.08. The maximum atomic E-state index is 13.7. The molecule has 0 amide bonds. The minimum atomic E-state index is -1.55. The van der Waals surface area contributed by atoms with Crippen LogP contribution in [0, 0.1) is 17.5 Å². The van der Waals surface area contributed by atoms with Crippen LogP contribution in [-0.4, -0.2) is 12.6 Å². The van der Waals surface area contributed by atoms with E-state index in [9.17, 15) is 18.0 Å². The fourth-order valence-electron chi connectivity index (χ4n) is 2.36. The van der Waals surface area contributed by atoms with E-state index in [1.807, 2.05) is 0 Å². The van der Waals surface area contributed by atoms with Gasteiger partial charge in [0.2, 0.25) is 0 Å². The number of hydrogen-bond donors (Lipinski definition) is 0. The summed E-state index contributed by atoms with van der Waals surface area (Å²) in [7, 11) is 0. The van der Waals surface area contributed by atoms with Crippen LogP contribution >= 0.6 is 0 Å². The van der Waals surface area contributed by atoms with Gasteiger partial charge >= 0.3 is 5.97 Å². The van der Waals surface area contributed by atoms with Crippen LogP contribution < -0.4 is 9.47 Å². The number of benzene rings is 3. The molecular formula is C20H13F3O3. The quantitative estimate of drug-likeness (QED) is 0.277. The lowest BCUT2D eigenvalue weighted by molar-refractivity contribution is 0.0734. The molecule has 0 aromatic heterocycles. The summed E-state index contributed by atoms with van der Waals surface area (Å²) in [5.41, 5.74) is 0.0786. The second-order valence-corrected chi connectivity index (χ2v) is 5.38. The van der Waals surface area contributed by atoms with Crippen molar-refractivity contribution in [1.82, 2.24) is 0 Å². The predicted molar refractivity (Wildman–Crippen MR) is 90.9 cm³/mol. The van der Waals surface area contributed by atoms with Crippen molar-refractivity contribution in [3.05, 3.63) is 84.2 Å². The van der Waals surface area contributed by atoms with E-state index in [1.54, 1.807) is 30.3 Å². The molecule has 3 aromatic carbocycles. The number of halogens is 3. The van der Waals surface area contributed by atoms with Crippen molar-refractivity contribution in [3.8, 4) is 11.5 Å². The van der Waals surface area contributed by atoms with Crippen LogP contribution in [-0.2, 0) is 0 Å². The van der Waals surface area contributed by atoms with E-state index in [4.69, 9.17) is 9.47 Å². The Bertz CT molecular complexity index is 982. The standard InChI is InChI=1S/C20H13F3O3/c1-2-9-25-14-4-6-15(7-5-14)26-20(24)12-3-8-16-13(10-12)11-17(21)19(23)18(16)22/h2-8,10-11H,1,9H2. The van der Waals surface area contributed by atoms with E-state index in [2.05, 4.69) is 6.58 Å². The predicted octanol–water partition coefficient (Wildman–Crippen LogP) is 5.04. The van der Waals surface area contributed by atoms with Crippen LogP contribution in [0.15, 0.2) is 61.2 Å². The van der Waals surface area contributed by atoms with Gasteiger partial charge in [0.05, 0.1) is 5.56 Å². The minimum Gasteiger partial charge on any atom is -0.490 e. The van der Waals surface area contributed by atoms with Crippen LogP contribution in [0.2, 0.25) is 0 Å². The average molecular weight is 358 g/mol. The summed E-state index contributed by atoms with van der Waals surface area (Å²) < 4.78 is 50.9. The molecule has 0 N–H and O–H groups in total. The average Bonchev–Trinajstić information content (AvgIpc) is 2.65. The van der Waals surface area contributed by atoms with Gasteiger partial charge in [0.1, 0.15) is 18.1 Å². The monoisotopic (exact) mass is 358 g/mol. The summed E-state index contributed by atoms with van der Waals surface area (Å²) in [6.45, 7) is 3.89. The van der Waals surface area contributed by atoms with Crippen LogP contribution in [0.25, 0.3) is 10.8 Å². The Morgan fingerprint density at radius 2 is 1.65 bits per heavy atom. The highest BCUT2D eigenvalue weighted by molar-refractivity contribution is 5.96. The number of fused-ring (bicyclic) bond motifs is 1. The molecule has 6 heteroatoms. The molecule has 0 aliphatic rings. The van der Waals surface area contributed by atoms with Crippen molar-refractivity contribution in [3.63, 3.8) is 0 Å². The Hall–Kier alpha value is -3.28. The molecule has 0 spiro atoms. The van der Waals surface area contributed by atoms with E-state index in [0.29, 0.717) is 12.4 Å². The van der Waals surface area contributed by atoms with Crippen LogP contribution in [0.3, 0.4) is 0 Å². The second kappa shape index (κ2) is 7.31. The Morgan fingerprint density at radius 1 is 0.962 bits per heavy atom. The lowest BCUT2D eigenvalue weighted by atomic mass is 10.1. The van der Waals surface area contributed by atoms with Gasteiger partial charge in [0.25, 0.3) is 0 Å². The fourth-order valence-corrected chi connectivity index (χ4v) is 2.36. The molecule has 0 unspecified atom stereocenters. The molecular weight excluding hydrogens is 345 g/mol. The van der Waals surface area contributed by atoms with Crippen molar-refractivity contribution in [1.29, 1.82) is 0 Å². The highest BCUT2D eigenvalue weighted by Crippen LogP contribution is 2.25. The summed E-state index contributed by atoms with van der Waals surface area (Å²) in [6, 6.07) is 10.9. The zero-order valence-corrected chi connectivity index (χ0v) is 13.5. The molecule has 0 fully saturated rings. The molecule has 0 saturated heterocycles. The van der Waals surface area contributed by atoms with Gasteiger partial charge in [-0.05, 0) is 47.9 Å². The van der Waals surface area contributed by atoms with Gasteiger partial charge in [0, 0.05) is 5.39 Å². The van der Waals surface area contributed by atoms with Crippen molar-refractivity contribution < 1.29 is 27.4 Å². The SMILES string of the molecule is C=CCOc1ccc(OC(=O)c2ccc3c(F)c(F)c(F)cc3c2)cc1. The first-order valence-electron chi connectivity index (χ1n) is 7.63. The van der Waals surface area contributed by atoms with E-state index in [0.717, 1.165) is 6.07 Å². The summed E-state index contributed by atoms with van der Waals surface area (Å²) in [5, 5.41) is -0.0619. The third-order valence-corrected chi connectivity index (χ3v) is 3.61. The number of esters is 1. The molecule has 0 bridgehead atoms. The highest BCUT2D eigenvalue weighted by Gasteiger charge is 2.16. The second-order valence-electron chi connectivity index (χ2n) is 5.38. The molecule has 0 radical (unpaired) electrons. The lowest BCUT2D eigenvalue weighted by Gasteiger charge is -2.08. The van der Waals surface area contributed by atoms with E-state index in [-0.39, 0.29) is 22.1 Å². The molecule has 3 nitrogen and oxygen atoms in total. The number of rotatable bonds is 5. The van der Waals surface area contributed by atoms with E-state index >= 15 is 0 Å². The smallest absolute Gasteiger partial charge is 0.343 e. The van der Waals surface area contributed by atoms with E-state index < -0.39 is 23.4 Å². The molecule has 26 heavy (non-hydrogen) atoms. The summed E-state index contributed by atoms with van der Waals surface area (Å²) >= 11 is 0. The zero-order valence-electron chi connectivity index (χ0n) is 13.5. The highest BCUT2D eigenvalue weighted by atomic mass is 19.2. The van der Waals surface area contributed by atoms with E-state index in [1.165, 1.54) is 18.2 Å². The van der Waals surface area contributed by atoms with Crippen LogP contribution in [0.5, 0.6) is 11.5 Å². The van der Waals surface area contributed by atoms with Crippen molar-refractivity contribution >= 4 is 16.7 Å². The van der Waals surface area contributed by atoms with Crippen molar-refractivity contribution in [2.75, 3.05) is 6.61 Å². The fraction of sp³-hybridized carbons (Fsp3) is 0.0500. The molecule has 0 atom stereocenters. The topological polar surface area (TPSA) is 35.5 Å². The minimum absolute atomic E-state index is 0.0593. The van der Waals surface area contributed by atoms with Gasteiger partial charge < -0.3 is 9.47 Å². The first kappa shape index (κ1) is 17.5. The third-order valence-electron chi connectivity index (χ3n) is 3.61. The van der Waals surface area contributed by atoms with Crippen molar-refractivity contribution in [2.45, 2.75) is 0 Å². The molecule has 132 valence electrons. The summed E-state index contributed by atoms with van der Waals surface area (Å²) in [6.07, 6.45) is 1.60.